The SMILES string of the molecule is CCc1nn(CC)c(CC(O)C2CC2)c1Cl. The zero-order chi connectivity index (χ0) is 11.7. The lowest BCUT2D eigenvalue weighted by Crippen LogP contribution is -2.16. The van der Waals surface area contributed by atoms with E-state index in [0.29, 0.717) is 12.3 Å². The second-order valence-electron chi connectivity index (χ2n) is 4.49. The summed E-state index contributed by atoms with van der Waals surface area (Å²) in [4.78, 5) is 0. The average Bonchev–Trinajstić information content (AvgIpc) is 3.07. The van der Waals surface area contributed by atoms with Crippen LogP contribution in [-0.4, -0.2) is 21.0 Å². The molecule has 90 valence electrons. The molecule has 1 aromatic rings. The van der Waals surface area contributed by atoms with Crippen LogP contribution < -0.4 is 0 Å². The van der Waals surface area contributed by atoms with Crippen LogP contribution in [-0.2, 0) is 19.4 Å². The van der Waals surface area contributed by atoms with E-state index in [9.17, 15) is 5.11 Å². The van der Waals surface area contributed by atoms with E-state index in [1.165, 1.54) is 0 Å². The molecule has 16 heavy (non-hydrogen) atoms. The summed E-state index contributed by atoms with van der Waals surface area (Å²) >= 11 is 6.28. The molecule has 0 spiro atoms. The van der Waals surface area contributed by atoms with Gasteiger partial charge in [0.2, 0.25) is 0 Å². The van der Waals surface area contributed by atoms with Gasteiger partial charge in [-0.2, -0.15) is 5.10 Å². The largest absolute Gasteiger partial charge is 0.392 e. The van der Waals surface area contributed by atoms with Crippen LogP contribution in [0.3, 0.4) is 0 Å². The molecule has 0 saturated heterocycles. The Labute approximate surface area is 101 Å². The van der Waals surface area contributed by atoms with Crippen LogP contribution in [0.4, 0.5) is 0 Å². The maximum absolute atomic E-state index is 9.97. The molecule has 1 saturated carbocycles. The van der Waals surface area contributed by atoms with Gasteiger partial charge in [0.15, 0.2) is 0 Å². The highest BCUT2D eigenvalue weighted by Crippen LogP contribution is 2.35. The van der Waals surface area contributed by atoms with Gasteiger partial charge in [0.05, 0.1) is 22.5 Å². The Morgan fingerprint density at radius 1 is 1.50 bits per heavy atom. The van der Waals surface area contributed by atoms with E-state index >= 15 is 0 Å². The van der Waals surface area contributed by atoms with Crippen LogP contribution in [0.2, 0.25) is 5.02 Å². The minimum absolute atomic E-state index is 0.246. The summed E-state index contributed by atoms with van der Waals surface area (Å²) < 4.78 is 1.92. The van der Waals surface area contributed by atoms with E-state index in [1.54, 1.807) is 0 Å². The third-order valence-corrected chi connectivity index (χ3v) is 3.70. The number of aliphatic hydroxyl groups is 1. The standard InChI is InChI=1S/C12H19ClN2O/c1-3-9-12(13)10(15(4-2)14-9)7-11(16)8-5-6-8/h8,11,16H,3-7H2,1-2H3. The molecule has 4 heteroatoms. The van der Waals surface area contributed by atoms with Crippen LogP contribution in [0.15, 0.2) is 0 Å². The van der Waals surface area contributed by atoms with Gasteiger partial charge < -0.3 is 5.11 Å². The molecule has 1 N–H and O–H groups in total. The molecule has 1 aromatic heterocycles. The molecule has 1 unspecified atom stereocenters. The van der Waals surface area contributed by atoms with Crippen molar-refractivity contribution < 1.29 is 5.11 Å². The fourth-order valence-electron chi connectivity index (χ4n) is 2.06. The molecular formula is C12H19ClN2O. The van der Waals surface area contributed by atoms with Crippen molar-refractivity contribution in [2.24, 2.45) is 5.92 Å². The Morgan fingerprint density at radius 3 is 2.69 bits per heavy atom. The molecule has 0 radical (unpaired) electrons. The van der Waals surface area contributed by atoms with Crippen molar-refractivity contribution in [3.63, 3.8) is 0 Å². The Morgan fingerprint density at radius 2 is 2.19 bits per heavy atom. The molecule has 0 aliphatic heterocycles. The molecule has 0 aromatic carbocycles. The van der Waals surface area contributed by atoms with Crippen molar-refractivity contribution in [3.05, 3.63) is 16.4 Å². The highest BCUT2D eigenvalue weighted by molar-refractivity contribution is 6.31. The summed E-state index contributed by atoms with van der Waals surface area (Å²) in [6, 6.07) is 0. The van der Waals surface area contributed by atoms with Crippen LogP contribution in [0.25, 0.3) is 0 Å². The lowest BCUT2D eigenvalue weighted by atomic mass is 10.1. The summed E-state index contributed by atoms with van der Waals surface area (Å²) in [5.74, 6) is 0.487. The number of aliphatic hydroxyl groups excluding tert-OH is 1. The van der Waals surface area contributed by atoms with Crippen molar-refractivity contribution in [2.75, 3.05) is 0 Å². The number of aryl methyl sites for hydroxylation is 2. The number of halogens is 1. The fourth-order valence-corrected chi connectivity index (χ4v) is 2.40. The maximum Gasteiger partial charge on any atom is 0.0850 e. The predicted octanol–water partition coefficient (Wildman–Crippen LogP) is 2.43. The first kappa shape index (κ1) is 11.9. The Kier molecular flexibility index (Phi) is 3.55. The first-order valence-corrected chi connectivity index (χ1v) is 6.47. The van der Waals surface area contributed by atoms with E-state index in [0.717, 1.165) is 42.2 Å². The average molecular weight is 243 g/mol. The molecule has 1 fully saturated rings. The van der Waals surface area contributed by atoms with Gasteiger partial charge in [-0.1, -0.05) is 18.5 Å². The number of hydrogen-bond donors (Lipinski definition) is 1. The smallest absolute Gasteiger partial charge is 0.0850 e. The van der Waals surface area contributed by atoms with E-state index in [4.69, 9.17) is 11.6 Å². The van der Waals surface area contributed by atoms with E-state index in [2.05, 4.69) is 18.9 Å². The zero-order valence-electron chi connectivity index (χ0n) is 9.91. The van der Waals surface area contributed by atoms with Crippen LogP contribution in [0.5, 0.6) is 0 Å². The summed E-state index contributed by atoms with van der Waals surface area (Å²) in [6.45, 7) is 4.91. The second kappa shape index (κ2) is 4.76. The first-order valence-electron chi connectivity index (χ1n) is 6.09. The lowest BCUT2D eigenvalue weighted by Gasteiger charge is -2.10. The number of nitrogens with zero attached hydrogens (tertiary/aromatic N) is 2. The molecule has 1 aliphatic rings. The van der Waals surface area contributed by atoms with E-state index in [-0.39, 0.29) is 6.10 Å². The molecule has 1 heterocycles. The third kappa shape index (κ3) is 2.25. The van der Waals surface area contributed by atoms with Gasteiger partial charge in [0, 0.05) is 13.0 Å². The van der Waals surface area contributed by atoms with E-state index < -0.39 is 0 Å². The minimum Gasteiger partial charge on any atom is -0.392 e. The normalized spacial score (nSPS) is 17.8. The molecular weight excluding hydrogens is 224 g/mol. The summed E-state index contributed by atoms with van der Waals surface area (Å²) in [5, 5.41) is 15.2. The Balaban J connectivity index is 2.19. The number of hydrogen-bond acceptors (Lipinski definition) is 2. The highest BCUT2D eigenvalue weighted by Gasteiger charge is 2.31. The first-order chi connectivity index (χ1) is 7.67. The topological polar surface area (TPSA) is 38.0 Å². The molecule has 0 amide bonds. The quantitative estimate of drug-likeness (QED) is 0.861. The monoisotopic (exact) mass is 242 g/mol. The number of rotatable bonds is 5. The third-order valence-electron chi connectivity index (χ3n) is 3.26. The highest BCUT2D eigenvalue weighted by atomic mass is 35.5. The second-order valence-corrected chi connectivity index (χ2v) is 4.86. The van der Waals surface area contributed by atoms with Crippen molar-refractivity contribution in [1.82, 2.24) is 9.78 Å². The minimum atomic E-state index is -0.246. The zero-order valence-corrected chi connectivity index (χ0v) is 10.7. The van der Waals surface area contributed by atoms with Crippen molar-refractivity contribution in [3.8, 4) is 0 Å². The summed E-state index contributed by atoms with van der Waals surface area (Å²) in [7, 11) is 0. The van der Waals surface area contributed by atoms with Gasteiger partial charge in [-0.3, -0.25) is 4.68 Å². The fraction of sp³-hybridized carbons (Fsp3) is 0.750. The maximum atomic E-state index is 9.97. The van der Waals surface area contributed by atoms with Gasteiger partial charge in [-0.15, -0.1) is 0 Å². The van der Waals surface area contributed by atoms with Crippen LogP contribution in [0.1, 0.15) is 38.1 Å². The Hall–Kier alpha value is -0.540. The molecule has 0 bridgehead atoms. The molecule has 3 nitrogen and oxygen atoms in total. The molecule has 2 rings (SSSR count). The van der Waals surface area contributed by atoms with E-state index in [1.807, 2.05) is 4.68 Å². The van der Waals surface area contributed by atoms with Gasteiger partial charge in [0.1, 0.15) is 0 Å². The van der Waals surface area contributed by atoms with Gasteiger partial charge in [-0.25, -0.2) is 0 Å². The van der Waals surface area contributed by atoms with Crippen molar-refractivity contribution in [2.45, 2.75) is 52.2 Å². The summed E-state index contributed by atoms with van der Waals surface area (Å²) in [6.07, 6.45) is 3.55. The van der Waals surface area contributed by atoms with Crippen molar-refractivity contribution >= 4 is 11.6 Å². The van der Waals surface area contributed by atoms with Crippen molar-refractivity contribution in [1.29, 1.82) is 0 Å². The summed E-state index contributed by atoms with van der Waals surface area (Å²) in [5.41, 5.74) is 1.95. The predicted molar refractivity (Wildman–Crippen MR) is 64.7 cm³/mol. The van der Waals surface area contributed by atoms with Gasteiger partial charge >= 0.3 is 0 Å². The van der Waals surface area contributed by atoms with Gasteiger partial charge in [0.25, 0.3) is 0 Å². The molecule has 1 aliphatic carbocycles. The Bertz CT molecular complexity index is 371. The lowest BCUT2D eigenvalue weighted by molar-refractivity contribution is 0.149. The molecule has 1 atom stereocenters. The van der Waals surface area contributed by atoms with Gasteiger partial charge in [-0.05, 0) is 32.1 Å². The number of aromatic nitrogens is 2. The van der Waals surface area contributed by atoms with Crippen LogP contribution in [0, 0.1) is 5.92 Å². The van der Waals surface area contributed by atoms with Crippen LogP contribution >= 0.6 is 11.6 Å².